The molecule has 7 heteroatoms. The third kappa shape index (κ3) is 6.02. The van der Waals surface area contributed by atoms with Crippen molar-refractivity contribution in [2.24, 2.45) is 5.41 Å². The number of carbonyl (C=O) groups excluding carboxylic acids is 2. The van der Waals surface area contributed by atoms with Gasteiger partial charge in [-0.25, -0.2) is 0 Å². The summed E-state index contributed by atoms with van der Waals surface area (Å²) in [4.78, 5) is 31.6. The molecule has 1 N–H and O–H groups in total. The first kappa shape index (κ1) is 23.6. The van der Waals surface area contributed by atoms with Crippen LogP contribution in [0.2, 0.25) is 14.8 Å². The van der Waals surface area contributed by atoms with Crippen LogP contribution in [0.1, 0.15) is 26.3 Å². The second-order valence-electron chi connectivity index (χ2n) is 8.59. The Bertz CT molecular complexity index is 689. The van der Waals surface area contributed by atoms with Gasteiger partial charge < -0.3 is 0 Å². The van der Waals surface area contributed by atoms with Gasteiger partial charge in [-0.3, -0.25) is 0 Å². The maximum absolute atomic E-state index is 12.4. The molecule has 0 bridgehead atoms. The van der Waals surface area contributed by atoms with Crippen molar-refractivity contribution in [3.05, 3.63) is 17.7 Å². The molecule has 0 spiro atoms. The van der Waals surface area contributed by atoms with Gasteiger partial charge in [0.1, 0.15) is 0 Å². The van der Waals surface area contributed by atoms with Crippen LogP contribution in [0, 0.1) is 5.41 Å². The third-order valence-electron chi connectivity index (χ3n) is 4.28. The molecule has 0 aromatic heterocycles. The Morgan fingerprint density at radius 2 is 1.67 bits per heavy atom. The molecule has 0 radical (unpaired) electrons. The van der Waals surface area contributed by atoms with Crippen molar-refractivity contribution in [1.29, 1.82) is 0 Å². The van der Waals surface area contributed by atoms with E-state index in [1.54, 1.807) is 14.2 Å². The molecule has 27 heavy (non-hydrogen) atoms. The number of hydrogen-bond donors (Lipinski definition) is 1. The Morgan fingerprint density at radius 3 is 2.07 bits per heavy atom. The summed E-state index contributed by atoms with van der Waals surface area (Å²) >= 11 is -2.66. The van der Waals surface area contributed by atoms with Crippen LogP contribution >= 0.6 is 0 Å². The summed E-state index contributed by atoms with van der Waals surface area (Å²) in [5.41, 5.74) is 0.385. The number of benzene rings is 1. The van der Waals surface area contributed by atoms with Crippen LogP contribution in [0.4, 0.5) is 0 Å². The van der Waals surface area contributed by atoms with Crippen LogP contribution in [0.5, 0.6) is 11.5 Å². The average molecular weight is 486 g/mol. The minimum absolute atomic E-state index is 0.195. The predicted octanol–water partition coefficient (Wildman–Crippen LogP) is 2.50. The molecule has 0 saturated carbocycles. The van der Waals surface area contributed by atoms with Gasteiger partial charge in [0.15, 0.2) is 0 Å². The fourth-order valence-electron chi connectivity index (χ4n) is 2.89. The van der Waals surface area contributed by atoms with Crippen molar-refractivity contribution in [3.8, 4) is 11.5 Å². The van der Waals surface area contributed by atoms with Gasteiger partial charge >= 0.3 is 167 Å². The van der Waals surface area contributed by atoms with Crippen molar-refractivity contribution in [1.82, 2.24) is 5.32 Å². The Balaban J connectivity index is 3.40. The summed E-state index contributed by atoms with van der Waals surface area (Å²) in [7, 11) is 4.57. The summed E-state index contributed by atoms with van der Waals surface area (Å²) in [6.45, 7) is 5.43. The number of nitrogens with one attached hydrogen (secondary N) is 1. The fraction of sp³-hybridized carbons (Fsp3) is 0.600. The van der Waals surface area contributed by atoms with Crippen LogP contribution in [-0.2, 0) is 20.7 Å². The zero-order valence-corrected chi connectivity index (χ0v) is 20.8. The van der Waals surface area contributed by atoms with E-state index in [0.29, 0.717) is 12.2 Å². The predicted molar refractivity (Wildman–Crippen MR) is 110 cm³/mol. The standard InChI is InChI=1S/C17H24NO5.3CH3.Sn/c1-17(2,3)16(20)18-12(15(19)23-6)9-11-7-8-13(21-4)14(10-11)22-5;;;;/h7-8,12H,9H2,1-6H3,(H,18,20);3*1H3;/t12-;;;;/m0..../s1. The van der Waals surface area contributed by atoms with Gasteiger partial charge in [0.05, 0.1) is 0 Å². The Morgan fingerprint density at radius 1 is 1.07 bits per heavy atom. The number of methoxy groups -OCH3 is 3. The van der Waals surface area contributed by atoms with Gasteiger partial charge in [-0.1, -0.05) is 0 Å². The Hall–Kier alpha value is -1.44. The van der Waals surface area contributed by atoms with Crippen LogP contribution < -0.4 is 18.4 Å². The zero-order valence-electron chi connectivity index (χ0n) is 18.0. The fourth-order valence-corrected chi connectivity index (χ4v) is 8.76. The normalized spacial score (nSPS) is 12.9. The maximum atomic E-state index is 12.4. The quantitative estimate of drug-likeness (QED) is 0.474. The van der Waals surface area contributed by atoms with Crippen LogP contribution in [0.15, 0.2) is 12.1 Å². The Labute approximate surface area is 166 Å². The number of hydrogen-bond acceptors (Lipinski definition) is 5. The van der Waals surface area contributed by atoms with Crippen LogP contribution in [0.25, 0.3) is 0 Å². The average Bonchev–Trinajstić information content (AvgIpc) is 2.57. The van der Waals surface area contributed by atoms with E-state index in [0.717, 1.165) is 14.9 Å². The molecule has 0 aliphatic carbocycles. The van der Waals surface area contributed by atoms with Gasteiger partial charge in [-0.15, -0.1) is 0 Å². The summed E-state index contributed by atoms with van der Waals surface area (Å²) in [6.07, 6.45) is 0.346. The summed E-state index contributed by atoms with van der Waals surface area (Å²) in [5.74, 6) is 0.747. The van der Waals surface area contributed by atoms with Crippen LogP contribution in [-0.4, -0.2) is 57.6 Å². The molecule has 1 rings (SSSR count). The number of rotatable bonds is 7. The number of esters is 1. The van der Waals surface area contributed by atoms with E-state index in [1.165, 1.54) is 7.11 Å². The van der Waals surface area contributed by atoms with E-state index in [-0.39, 0.29) is 5.91 Å². The van der Waals surface area contributed by atoms with E-state index in [4.69, 9.17) is 14.2 Å². The molecule has 1 aromatic carbocycles. The molecule has 0 heterocycles. The Kier molecular flexibility index (Phi) is 8.01. The van der Waals surface area contributed by atoms with E-state index in [2.05, 4.69) is 20.1 Å². The zero-order chi connectivity index (χ0) is 21.0. The molecular weight excluding hydrogens is 453 g/mol. The van der Waals surface area contributed by atoms with E-state index < -0.39 is 35.8 Å². The van der Waals surface area contributed by atoms with Gasteiger partial charge in [0, 0.05) is 0 Å². The van der Waals surface area contributed by atoms with Gasteiger partial charge in [0.2, 0.25) is 0 Å². The molecule has 0 unspecified atom stereocenters. The molecule has 0 aliphatic heterocycles. The molecule has 6 nitrogen and oxygen atoms in total. The second-order valence-corrected chi connectivity index (χ2v) is 22.9. The van der Waals surface area contributed by atoms with E-state index in [1.807, 2.05) is 32.9 Å². The van der Waals surface area contributed by atoms with Gasteiger partial charge in [-0.05, 0) is 0 Å². The SMILES string of the molecule is COC(=O)[C@H](Cc1ccc(OC)c(OC)[c]1[Sn]([CH3])([CH3])[CH3])NC(=O)C(C)(C)C. The number of ether oxygens (including phenoxy) is 3. The first-order valence-corrected chi connectivity index (χ1v) is 19.0. The molecule has 0 fully saturated rings. The summed E-state index contributed by atoms with van der Waals surface area (Å²) in [6, 6.07) is 3.04. The van der Waals surface area contributed by atoms with Crippen molar-refractivity contribution >= 4 is 33.8 Å². The topological polar surface area (TPSA) is 73.9 Å². The first-order valence-electron chi connectivity index (χ1n) is 9.00. The molecule has 0 aliphatic rings. The first-order chi connectivity index (χ1) is 12.4. The van der Waals surface area contributed by atoms with Crippen molar-refractivity contribution in [2.45, 2.75) is 48.1 Å². The third-order valence-corrected chi connectivity index (χ3v) is 10.1. The summed E-state index contributed by atoms with van der Waals surface area (Å²) < 4.78 is 17.2. The number of carbonyl (C=O) groups is 2. The van der Waals surface area contributed by atoms with E-state index in [9.17, 15) is 9.59 Å². The van der Waals surface area contributed by atoms with Crippen molar-refractivity contribution < 1.29 is 23.8 Å². The van der Waals surface area contributed by atoms with Crippen molar-refractivity contribution in [3.63, 3.8) is 0 Å². The summed E-state index contributed by atoms with van der Waals surface area (Å²) in [5, 5.41) is 2.84. The van der Waals surface area contributed by atoms with Gasteiger partial charge in [0.25, 0.3) is 0 Å². The number of amides is 1. The molecule has 0 saturated heterocycles. The molecule has 1 aromatic rings. The minimum atomic E-state index is -2.66. The van der Waals surface area contributed by atoms with Gasteiger partial charge in [-0.2, -0.15) is 0 Å². The van der Waals surface area contributed by atoms with Crippen molar-refractivity contribution in [2.75, 3.05) is 21.3 Å². The molecule has 152 valence electrons. The van der Waals surface area contributed by atoms with Crippen LogP contribution in [0.3, 0.4) is 0 Å². The molecule has 1 amide bonds. The van der Waals surface area contributed by atoms with E-state index >= 15 is 0 Å². The molecule has 1 atom stereocenters. The monoisotopic (exact) mass is 487 g/mol. The second kappa shape index (κ2) is 9.17. The molecular formula is C20H33NO5Sn.